The average molecular weight is 611 g/mol. The van der Waals surface area contributed by atoms with Crippen LogP contribution in [0.3, 0.4) is 0 Å². The van der Waals surface area contributed by atoms with Gasteiger partial charge in [-0.15, -0.1) is 0 Å². The topological polar surface area (TPSA) is 117 Å². The van der Waals surface area contributed by atoms with Crippen molar-refractivity contribution in [2.75, 3.05) is 50.7 Å². The van der Waals surface area contributed by atoms with Gasteiger partial charge in [-0.1, -0.05) is 11.6 Å². The van der Waals surface area contributed by atoms with Crippen LogP contribution < -0.4 is 25.4 Å². The van der Waals surface area contributed by atoms with E-state index in [4.69, 9.17) is 41.3 Å². The maximum absolute atomic E-state index is 16.5. The summed E-state index contributed by atoms with van der Waals surface area (Å²) in [6.45, 7) is 1.41. The van der Waals surface area contributed by atoms with E-state index >= 15 is 4.39 Å². The quantitative estimate of drug-likeness (QED) is 0.325. The lowest BCUT2D eigenvalue weighted by atomic mass is 9.99. The Morgan fingerprint density at radius 1 is 1.19 bits per heavy atom. The SMILES string of the molecule is COC1(COc2nc3c4c(nc(-c5cc(N)cc(Cl)c5C(F)(F)F)c(F)c4n2)OCC[C@@H]2[C@@H]4CC[C@H](CN32)N4)COC1. The first-order valence-electron chi connectivity index (χ1n) is 13.6. The van der Waals surface area contributed by atoms with E-state index in [1.54, 1.807) is 0 Å². The molecule has 3 aromatic rings. The number of pyridine rings is 1. The molecule has 6 heterocycles. The number of hydrogen-bond acceptors (Lipinski definition) is 10. The largest absolute Gasteiger partial charge is 0.477 e. The number of methoxy groups -OCH3 is 1. The van der Waals surface area contributed by atoms with E-state index in [1.807, 2.05) is 0 Å². The highest BCUT2D eigenvalue weighted by atomic mass is 35.5. The van der Waals surface area contributed by atoms with Crippen LogP contribution in [0.2, 0.25) is 5.02 Å². The van der Waals surface area contributed by atoms with E-state index in [9.17, 15) is 13.2 Å². The number of anilines is 2. The first-order chi connectivity index (χ1) is 20.1. The van der Waals surface area contributed by atoms with Crippen LogP contribution in [0.5, 0.6) is 11.9 Å². The van der Waals surface area contributed by atoms with Crippen molar-refractivity contribution in [3.8, 4) is 23.1 Å². The van der Waals surface area contributed by atoms with Gasteiger partial charge in [-0.25, -0.2) is 9.37 Å². The van der Waals surface area contributed by atoms with Gasteiger partial charge in [-0.2, -0.15) is 23.1 Å². The number of nitrogens with one attached hydrogen (secondary N) is 1. The summed E-state index contributed by atoms with van der Waals surface area (Å²) in [6.07, 6.45) is -2.40. The molecule has 0 spiro atoms. The van der Waals surface area contributed by atoms with E-state index in [1.165, 1.54) is 7.11 Å². The molecule has 0 radical (unpaired) electrons. The van der Waals surface area contributed by atoms with E-state index in [-0.39, 0.29) is 59.8 Å². The van der Waals surface area contributed by atoms with Crippen molar-refractivity contribution in [1.82, 2.24) is 20.3 Å². The summed E-state index contributed by atoms with van der Waals surface area (Å²) < 4.78 is 81.8. The van der Waals surface area contributed by atoms with Gasteiger partial charge in [-0.05, 0) is 25.0 Å². The molecule has 4 aliphatic heterocycles. The first-order valence-corrected chi connectivity index (χ1v) is 13.9. The molecule has 224 valence electrons. The Hall–Kier alpha value is -3.20. The predicted molar refractivity (Wildman–Crippen MR) is 144 cm³/mol. The van der Waals surface area contributed by atoms with Crippen LogP contribution in [0.15, 0.2) is 12.1 Å². The van der Waals surface area contributed by atoms with Gasteiger partial charge in [0.2, 0.25) is 5.88 Å². The van der Waals surface area contributed by atoms with Gasteiger partial charge in [0, 0.05) is 49.5 Å². The zero-order chi connectivity index (χ0) is 29.4. The molecular weight excluding hydrogens is 584 g/mol. The molecular formula is C27H27ClF4N6O4. The second kappa shape index (κ2) is 9.93. The third kappa shape index (κ3) is 4.46. The third-order valence-electron chi connectivity index (χ3n) is 8.47. The minimum atomic E-state index is -4.92. The van der Waals surface area contributed by atoms with Gasteiger partial charge < -0.3 is 34.9 Å². The average Bonchev–Trinajstić information content (AvgIpc) is 3.30. The van der Waals surface area contributed by atoms with Crippen molar-refractivity contribution in [3.05, 3.63) is 28.5 Å². The molecule has 2 bridgehead atoms. The molecule has 4 aliphatic rings. The number of halogens is 5. The van der Waals surface area contributed by atoms with Crippen LogP contribution in [0.4, 0.5) is 29.1 Å². The normalized spacial score (nSPS) is 24.4. The number of fused-ring (bicyclic) bond motifs is 5. The van der Waals surface area contributed by atoms with Crippen LogP contribution in [0.25, 0.3) is 22.2 Å². The summed E-state index contributed by atoms with van der Waals surface area (Å²) in [5.41, 5.74) is 2.23. The fraction of sp³-hybridized carbons (Fsp3) is 0.519. The smallest absolute Gasteiger partial charge is 0.418 e. The second-order valence-corrected chi connectivity index (χ2v) is 11.5. The molecule has 3 atom stereocenters. The van der Waals surface area contributed by atoms with Gasteiger partial charge in [0.25, 0.3) is 0 Å². The highest BCUT2D eigenvalue weighted by Crippen LogP contribution is 2.47. The summed E-state index contributed by atoms with van der Waals surface area (Å²) in [5, 5.41) is 3.11. The summed E-state index contributed by atoms with van der Waals surface area (Å²) in [5.74, 6) is -0.842. The molecule has 0 aliphatic carbocycles. The Bertz CT molecular complexity index is 1570. The number of ether oxygens (including phenoxy) is 4. The number of nitrogens with zero attached hydrogens (tertiary/aromatic N) is 4. The molecule has 15 heteroatoms. The van der Waals surface area contributed by atoms with Crippen molar-refractivity contribution >= 4 is 34.0 Å². The van der Waals surface area contributed by atoms with E-state index in [2.05, 4.69) is 20.2 Å². The fourth-order valence-electron chi connectivity index (χ4n) is 6.31. The minimum Gasteiger partial charge on any atom is -0.477 e. The molecule has 2 aromatic heterocycles. The number of nitrogens with two attached hydrogens (primary N) is 1. The van der Waals surface area contributed by atoms with E-state index in [0.717, 1.165) is 25.0 Å². The molecule has 3 saturated heterocycles. The Balaban J connectivity index is 1.45. The van der Waals surface area contributed by atoms with Crippen LogP contribution >= 0.6 is 11.6 Å². The summed E-state index contributed by atoms with van der Waals surface area (Å²) in [4.78, 5) is 15.4. The molecule has 10 nitrogen and oxygen atoms in total. The predicted octanol–water partition coefficient (Wildman–Crippen LogP) is 3.97. The number of piperazine rings is 1. The van der Waals surface area contributed by atoms with Gasteiger partial charge in [-0.3, -0.25) is 0 Å². The lowest BCUT2D eigenvalue weighted by Crippen LogP contribution is -2.59. The monoisotopic (exact) mass is 610 g/mol. The molecule has 0 saturated carbocycles. The third-order valence-corrected chi connectivity index (χ3v) is 8.77. The summed E-state index contributed by atoms with van der Waals surface area (Å²) in [6, 6.07) is 2.16. The molecule has 3 N–H and O–H groups in total. The van der Waals surface area contributed by atoms with Crippen molar-refractivity contribution in [2.24, 2.45) is 0 Å². The number of hydrogen-bond donors (Lipinski definition) is 2. The standard InChI is InChI=1S/C27H27ClF4N6O4/c1-39-26(9-40-10-26)11-42-25-36-22-18-23(37-25)38-8-13-2-3-16(34-13)17(38)4-5-41-24(18)35-21(20(22)29)14-6-12(33)7-15(28)19(14)27(30,31)32/h6-7,13,16-17,34H,2-5,8-11,33H2,1H3/t13-,16+,17-/m1/s1. The second-order valence-electron chi connectivity index (χ2n) is 11.1. The van der Waals surface area contributed by atoms with Gasteiger partial charge >= 0.3 is 12.2 Å². The zero-order valence-electron chi connectivity index (χ0n) is 22.4. The first kappa shape index (κ1) is 27.6. The summed E-state index contributed by atoms with van der Waals surface area (Å²) >= 11 is 5.99. The Morgan fingerprint density at radius 2 is 2.00 bits per heavy atom. The maximum Gasteiger partial charge on any atom is 0.418 e. The number of alkyl halides is 3. The van der Waals surface area contributed by atoms with Crippen molar-refractivity contribution < 1.29 is 36.5 Å². The van der Waals surface area contributed by atoms with Crippen LogP contribution in [0.1, 0.15) is 24.8 Å². The lowest BCUT2D eigenvalue weighted by molar-refractivity contribution is -0.209. The van der Waals surface area contributed by atoms with Gasteiger partial charge in [0.1, 0.15) is 34.6 Å². The molecule has 7 rings (SSSR count). The molecule has 42 heavy (non-hydrogen) atoms. The van der Waals surface area contributed by atoms with Gasteiger partial charge in [0.05, 0.1) is 30.4 Å². The molecule has 1 aromatic carbocycles. The Morgan fingerprint density at radius 3 is 2.71 bits per heavy atom. The number of rotatable bonds is 5. The lowest BCUT2D eigenvalue weighted by Gasteiger charge is -2.43. The molecule has 0 unspecified atom stereocenters. The highest BCUT2D eigenvalue weighted by molar-refractivity contribution is 6.32. The van der Waals surface area contributed by atoms with Crippen molar-refractivity contribution in [1.29, 1.82) is 0 Å². The van der Waals surface area contributed by atoms with Crippen LogP contribution in [-0.2, 0) is 15.7 Å². The maximum atomic E-state index is 16.5. The number of aromatic nitrogens is 3. The van der Waals surface area contributed by atoms with Crippen LogP contribution in [-0.4, -0.2) is 78.8 Å². The summed E-state index contributed by atoms with van der Waals surface area (Å²) in [7, 11) is 1.53. The number of benzene rings is 1. The zero-order valence-corrected chi connectivity index (χ0v) is 23.2. The fourth-order valence-corrected chi connectivity index (χ4v) is 6.65. The van der Waals surface area contributed by atoms with Crippen molar-refractivity contribution in [3.63, 3.8) is 0 Å². The highest BCUT2D eigenvalue weighted by Gasteiger charge is 2.44. The van der Waals surface area contributed by atoms with E-state index < -0.39 is 39.4 Å². The molecule has 0 amide bonds. The molecule has 3 fully saturated rings. The minimum absolute atomic E-state index is 0.0134. The van der Waals surface area contributed by atoms with E-state index in [0.29, 0.717) is 32.0 Å². The van der Waals surface area contributed by atoms with Crippen molar-refractivity contribution in [2.45, 2.75) is 49.2 Å². The van der Waals surface area contributed by atoms with Crippen LogP contribution in [0, 0.1) is 5.82 Å². The number of nitrogen functional groups attached to an aromatic ring is 1. The van der Waals surface area contributed by atoms with Gasteiger partial charge in [0.15, 0.2) is 5.82 Å². The Labute approximate surface area is 242 Å². The Kier molecular flexibility index (Phi) is 6.53.